The molecule has 21 heavy (non-hydrogen) atoms. The first-order chi connectivity index (χ1) is 10.3. The number of benzene rings is 1. The number of para-hydroxylation sites is 1. The fourth-order valence-electron chi connectivity index (χ4n) is 5.68. The first-order valence-electron chi connectivity index (χ1n) is 8.16. The molecule has 2 heteroatoms. The maximum absolute atomic E-state index is 10.6. The highest BCUT2D eigenvalue weighted by molar-refractivity contribution is 5.30. The molecule has 0 saturated heterocycles. The van der Waals surface area contributed by atoms with Gasteiger partial charge in [-0.2, -0.15) is 0 Å². The van der Waals surface area contributed by atoms with E-state index in [4.69, 9.17) is 4.74 Å². The van der Waals surface area contributed by atoms with Crippen molar-refractivity contribution in [2.24, 2.45) is 35.5 Å². The van der Waals surface area contributed by atoms with E-state index in [0.717, 1.165) is 29.9 Å². The maximum Gasteiger partial charge on any atom is 0.200 e. The third-order valence-corrected chi connectivity index (χ3v) is 6.32. The van der Waals surface area contributed by atoms with E-state index in [2.05, 4.69) is 11.8 Å². The van der Waals surface area contributed by atoms with Crippen molar-refractivity contribution in [3.63, 3.8) is 0 Å². The van der Waals surface area contributed by atoms with Gasteiger partial charge in [-0.3, -0.25) is 0 Å². The van der Waals surface area contributed by atoms with Crippen LogP contribution >= 0.6 is 0 Å². The average Bonchev–Trinajstić information content (AvgIpc) is 3.26. The minimum Gasteiger partial charge on any atom is -0.465 e. The Morgan fingerprint density at radius 1 is 1.19 bits per heavy atom. The fourth-order valence-corrected chi connectivity index (χ4v) is 5.68. The molecule has 0 aromatic heterocycles. The van der Waals surface area contributed by atoms with Gasteiger partial charge in [0.2, 0.25) is 6.29 Å². The SMILES string of the molecule is OC(Oc1ccccc1)C1CC2C[C@@H]1C1C3C=C=C(C3)[C@H]21. The van der Waals surface area contributed by atoms with Gasteiger partial charge in [-0.1, -0.05) is 18.2 Å². The molecule has 108 valence electrons. The van der Waals surface area contributed by atoms with Crippen LogP contribution in [0.1, 0.15) is 19.3 Å². The first-order valence-corrected chi connectivity index (χ1v) is 8.16. The second-order valence-corrected chi connectivity index (χ2v) is 7.19. The van der Waals surface area contributed by atoms with Crippen molar-refractivity contribution in [3.8, 4) is 5.75 Å². The third-order valence-electron chi connectivity index (χ3n) is 6.32. The lowest BCUT2D eigenvalue weighted by Crippen LogP contribution is -2.37. The summed E-state index contributed by atoms with van der Waals surface area (Å²) in [6, 6.07) is 9.71. The topological polar surface area (TPSA) is 29.5 Å². The number of ether oxygens (including phenoxy) is 1. The molecule has 1 N–H and O–H groups in total. The van der Waals surface area contributed by atoms with Gasteiger partial charge < -0.3 is 9.84 Å². The normalized spacial score (nSPS) is 43.0. The summed E-state index contributed by atoms with van der Waals surface area (Å²) < 4.78 is 5.80. The second kappa shape index (κ2) is 4.25. The van der Waals surface area contributed by atoms with Gasteiger partial charge in [0.05, 0.1) is 0 Å². The minimum absolute atomic E-state index is 0.310. The van der Waals surface area contributed by atoms with E-state index in [1.807, 2.05) is 30.3 Å². The zero-order chi connectivity index (χ0) is 14.0. The van der Waals surface area contributed by atoms with E-state index in [9.17, 15) is 5.11 Å². The van der Waals surface area contributed by atoms with Crippen molar-refractivity contribution in [1.29, 1.82) is 0 Å². The van der Waals surface area contributed by atoms with Crippen LogP contribution in [0, 0.1) is 35.5 Å². The van der Waals surface area contributed by atoms with Gasteiger partial charge in [0, 0.05) is 5.92 Å². The third kappa shape index (κ3) is 1.64. The number of hydrogen-bond acceptors (Lipinski definition) is 2. The van der Waals surface area contributed by atoms with Crippen LogP contribution in [0.15, 0.2) is 47.7 Å². The van der Waals surface area contributed by atoms with E-state index < -0.39 is 6.29 Å². The van der Waals surface area contributed by atoms with Crippen LogP contribution in [0.5, 0.6) is 5.75 Å². The Morgan fingerprint density at radius 3 is 2.90 bits per heavy atom. The Bertz CT molecular complexity index is 628. The van der Waals surface area contributed by atoms with Crippen molar-refractivity contribution in [3.05, 3.63) is 47.7 Å². The molecule has 7 atom stereocenters. The molecule has 0 amide bonds. The summed E-state index contributed by atoms with van der Waals surface area (Å²) in [4.78, 5) is 0. The summed E-state index contributed by atoms with van der Waals surface area (Å²) in [6.07, 6.45) is 5.28. The molecule has 4 bridgehead atoms. The molecule has 0 radical (unpaired) electrons. The van der Waals surface area contributed by atoms with E-state index in [0.29, 0.717) is 17.8 Å². The van der Waals surface area contributed by atoms with E-state index >= 15 is 0 Å². The smallest absolute Gasteiger partial charge is 0.200 e. The predicted molar refractivity (Wildman–Crippen MR) is 79.5 cm³/mol. The highest BCUT2D eigenvalue weighted by atomic mass is 16.6. The molecule has 0 aliphatic heterocycles. The van der Waals surface area contributed by atoms with Gasteiger partial charge in [0.1, 0.15) is 5.75 Å². The zero-order valence-electron chi connectivity index (χ0n) is 12.0. The van der Waals surface area contributed by atoms with Gasteiger partial charge in [-0.05, 0) is 72.6 Å². The lowest BCUT2D eigenvalue weighted by Gasteiger charge is -2.36. The molecule has 4 aliphatic rings. The maximum atomic E-state index is 10.6. The van der Waals surface area contributed by atoms with Gasteiger partial charge in [-0.25, -0.2) is 0 Å². The number of aliphatic hydroxyl groups is 1. The highest BCUT2D eigenvalue weighted by Crippen LogP contribution is 2.66. The Kier molecular flexibility index (Phi) is 2.45. The van der Waals surface area contributed by atoms with Crippen LogP contribution in [0.3, 0.4) is 0 Å². The van der Waals surface area contributed by atoms with Crippen LogP contribution in [0.25, 0.3) is 0 Å². The molecule has 0 spiro atoms. The number of rotatable bonds is 3. The highest BCUT2D eigenvalue weighted by Gasteiger charge is 2.61. The Labute approximate surface area is 125 Å². The summed E-state index contributed by atoms with van der Waals surface area (Å²) in [5.74, 6) is 4.74. The van der Waals surface area contributed by atoms with E-state index in [-0.39, 0.29) is 0 Å². The Balaban J connectivity index is 1.35. The van der Waals surface area contributed by atoms with Gasteiger partial charge in [0.15, 0.2) is 0 Å². The summed E-state index contributed by atoms with van der Waals surface area (Å²) in [5.41, 5.74) is 5.07. The molecule has 1 aromatic carbocycles. The molecule has 5 rings (SSSR count). The summed E-state index contributed by atoms with van der Waals surface area (Å²) in [5, 5.41) is 10.6. The van der Waals surface area contributed by atoms with Crippen molar-refractivity contribution < 1.29 is 9.84 Å². The number of fused-ring (bicyclic) bond motifs is 9. The molecule has 2 nitrogen and oxygen atoms in total. The number of allylic oxidation sites excluding steroid dienone is 1. The monoisotopic (exact) mass is 280 g/mol. The minimum atomic E-state index is -0.652. The van der Waals surface area contributed by atoms with Crippen LogP contribution in [0.2, 0.25) is 0 Å². The number of hydrogen-bond donors (Lipinski definition) is 1. The van der Waals surface area contributed by atoms with E-state index in [1.165, 1.54) is 12.8 Å². The first kappa shape index (κ1) is 12.1. The molecule has 5 unspecified atom stereocenters. The lowest BCUT2D eigenvalue weighted by molar-refractivity contribution is -0.0899. The molecular weight excluding hydrogens is 260 g/mol. The molecule has 3 saturated carbocycles. The average molecular weight is 280 g/mol. The van der Waals surface area contributed by atoms with Crippen molar-refractivity contribution in [1.82, 2.24) is 0 Å². The summed E-state index contributed by atoms with van der Waals surface area (Å²) >= 11 is 0. The van der Waals surface area contributed by atoms with Gasteiger partial charge >= 0.3 is 0 Å². The molecule has 0 heterocycles. The van der Waals surface area contributed by atoms with Crippen molar-refractivity contribution in [2.45, 2.75) is 25.6 Å². The van der Waals surface area contributed by atoms with Crippen LogP contribution in [-0.2, 0) is 0 Å². The van der Waals surface area contributed by atoms with Gasteiger partial charge in [0.25, 0.3) is 0 Å². The van der Waals surface area contributed by atoms with Crippen LogP contribution in [-0.4, -0.2) is 11.4 Å². The van der Waals surface area contributed by atoms with Gasteiger partial charge in [-0.15, -0.1) is 5.73 Å². The predicted octanol–water partition coefficient (Wildman–Crippen LogP) is 3.39. The molecular formula is C19H20O2. The Morgan fingerprint density at radius 2 is 2.05 bits per heavy atom. The van der Waals surface area contributed by atoms with E-state index in [1.54, 1.807) is 5.57 Å². The fraction of sp³-hybridized carbons (Fsp3) is 0.526. The summed E-state index contributed by atoms with van der Waals surface area (Å²) in [6.45, 7) is 0. The van der Waals surface area contributed by atoms with Crippen molar-refractivity contribution >= 4 is 0 Å². The molecule has 3 fully saturated rings. The Hall–Kier alpha value is -1.50. The summed E-state index contributed by atoms with van der Waals surface area (Å²) in [7, 11) is 0. The zero-order valence-corrected chi connectivity index (χ0v) is 12.0. The van der Waals surface area contributed by atoms with Crippen LogP contribution < -0.4 is 4.74 Å². The van der Waals surface area contributed by atoms with Crippen molar-refractivity contribution in [2.75, 3.05) is 0 Å². The number of aliphatic hydroxyl groups excluding tert-OH is 1. The standard InChI is InChI=1S/C19H20O2/c20-19(21-14-4-2-1-3-5-14)16-10-13-9-15(16)18-12-7-6-11(8-12)17(13)18/h1-5,7,12-13,15-20H,8-10H2/t12?,13?,15-,16?,17+,18?,19?/m0/s1. The molecule has 1 aromatic rings. The molecule has 4 aliphatic carbocycles. The largest absolute Gasteiger partial charge is 0.465 e. The van der Waals surface area contributed by atoms with Crippen LogP contribution in [0.4, 0.5) is 0 Å². The second-order valence-electron chi connectivity index (χ2n) is 7.19. The quantitative estimate of drug-likeness (QED) is 0.522. The lowest BCUT2D eigenvalue weighted by atomic mass is 9.71.